The fourth-order valence-electron chi connectivity index (χ4n) is 1.72. The summed E-state index contributed by atoms with van der Waals surface area (Å²) in [5, 5.41) is 11.7. The van der Waals surface area contributed by atoms with Crippen LogP contribution >= 0.6 is 11.3 Å². The second-order valence-electron chi connectivity index (χ2n) is 4.21. The van der Waals surface area contributed by atoms with E-state index in [1.165, 1.54) is 11.3 Å². The van der Waals surface area contributed by atoms with Gasteiger partial charge in [0.2, 0.25) is 0 Å². The molecule has 0 spiro atoms. The van der Waals surface area contributed by atoms with E-state index in [1.807, 2.05) is 37.6 Å². The van der Waals surface area contributed by atoms with Gasteiger partial charge in [0.1, 0.15) is 10.9 Å². The van der Waals surface area contributed by atoms with Gasteiger partial charge in [-0.1, -0.05) is 13.8 Å². The van der Waals surface area contributed by atoms with Crippen molar-refractivity contribution in [2.24, 2.45) is 5.92 Å². The van der Waals surface area contributed by atoms with Crippen molar-refractivity contribution in [1.29, 1.82) is 0 Å². The summed E-state index contributed by atoms with van der Waals surface area (Å²) >= 11 is 1.40. The van der Waals surface area contributed by atoms with Gasteiger partial charge in [-0.25, -0.2) is 4.98 Å². The van der Waals surface area contributed by atoms with Crippen LogP contribution in [0.4, 0.5) is 0 Å². The van der Waals surface area contributed by atoms with E-state index in [2.05, 4.69) is 9.97 Å². The molecule has 0 bridgehead atoms. The standard InChI is InChI=1S/C12H14N2O2S/c1-7(2)10(12(15)16)11-14-9(6-17-11)8-4-3-5-13-8/h3-7,10,13H,1-2H3,(H,15,16). The molecule has 90 valence electrons. The van der Waals surface area contributed by atoms with Gasteiger partial charge in [-0.05, 0) is 18.1 Å². The zero-order valence-corrected chi connectivity index (χ0v) is 10.5. The Hall–Kier alpha value is -1.62. The molecule has 1 unspecified atom stereocenters. The first-order chi connectivity index (χ1) is 8.09. The first-order valence-corrected chi connectivity index (χ1v) is 6.29. The number of H-pyrrole nitrogens is 1. The minimum atomic E-state index is -0.813. The number of aromatic nitrogens is 2. The Labute approximate surface area is 103 Å². The molecule has 0 saturated heterocycles. The molecule has 0 aliphatic carbocycles. The quantitative estimate of drug-likeness (QED) is 0.876. The third-order valence-corrected chi connectivity index (χ3v) is 3.52. The molecular formula is C12H14N2O2S. The van der Waals surface area contributed by atoms with Gasteiger partial charge in [-0.15, -0.1) is 11.3 Å². The molecule has 2 heterocycles. The lowest BCUT2D eigenvalue weighted by Gasteiger charge is -2.12. The molecule has 0 fully saturated rings. The molecule has 4 nitrogen and oxygen atoms in total. The maximum absolute atomic E-state index is 11.2. The second-order valence-corrected chi connectivity index (χ2v) is 5.10. The Morgan fingerprint density at radius 2 is 2.29 bits per heavy atom. The summed E-state index contributed by atoms with van der Waals surface area (Å²) in [5.41, 5.74) is 1.72. The number of carbonyl (C=O) groups is 1. The maximum atomic E-state index is 11.2. The highest BCUT2D eigenvalue weighted by molar-refractivity contribution is 7.10. The van der Waals surface area contributed by atoms with E-state index in [0.29, 0.717) is 5.01 Å². The van der Waals surface area contributed by atoms with Gasteiger partial charge in [0, 0.05) is 11.6 Å². The summed E-state index contributed by atoms with van der Waals surface area (Å²) < 4.78 is 0. The maximum Gasteiger partial charge on any atom is 0.313 e. The summed E-state index contributed by atoms with van der Waals surface area (Å²) in [6.45, 7) is 3.79. The second kappa shape index (κ2) is 4.71. The number of carboxylic acids is 1. The van der Waals surface area contributed by atoms with E-state index in [1.54, 1.807) is 0 Å². The Kier molecular flexibility index (Phi) is 3.28. The first-order valence-electron chi connectivity index (χ1n) is 5.41. The molecular weight excluding hydrogens is 236 g/mol. The van der Waals surface area contributed by atoms with Crippen LogP contribution in [0.1, 0.15) is 24.8 Å². The van der Waals surface area contributed by atoms with Gasteiger partial charge in [-0.2, -0.15) is 0 Å². The molecule has 0 aliphatic heterocycles. The average molecular weight is 250 g/mol. The zero-order valence-electron chi connectivity index (χ0n) is 9.68. The largest absolute Gasteiger partial charge is 0.481 e. The number of aromatic amines is 1. The molecule has 0 aromatic carbocycles. The van der Waals surface area contributed by atoms with E-state index in [0.717, 1.165) is 11.4 Å². The first kappa shape index (κ1) is 11.9. The number of carboxylic acid groups (broad SMARTS) is 1. The molecule has 1 atom stereocenters. The fraction of sp³-hybridized carbons (Fsp3) is 0.333. The normalized spacial score (nSPS) is 12.9. The Morgan fingerprint density at radius 1 is 1.53 bits per heavy atom. The number of nitrogens with one attached hydrogen (secondary N) is 1. The highest BCUT2D eigenvalue weighted by Crippen LogP contribution is 2.30. The molecule has 5 heteroatoms. The van der Waals surface area contributed by atoms with Crippen molar-refractivity contribution in [1.82, 2.24) is 9.97 Å². The lowest BCUT2D eigenvalue weighted by molar-refractivity contribution is -0.139. The van der Waals surface area contributed by atoms with Gasteiger partial charge in [-0.3, -0.25) is 4.79 Å². The van der Waals surface area contributed by atoms with Crippen molar-refractivity contribution < 1.29 is 9.90 Å². The highest BCUT2D eigenvalue weighted by Gasteiger charge is 2.26. The van der Waals surface area contributed by atoms with Crippen molar-refractivity contribution in [3.63, 3.8) is 0 Å². The molecule has 2 aromatic heterocycles. The zero-order chi connectivity index (χ0) is 12.4. The van der Waals surface area contributed by atoms with Gasteiger partial charge < -0.3 is 10.1 Å². The lowest BCUT2D eigenvalue weighted by atomic mass is 9.97. The van der Waals surface area contributed by atoms with Crippen LogP contribution in [0.15, 0.2) is 23.7 Å². The number of nitrogens with zero attached hydrogens (tertiary/aromatic N) is 1. The van der Waals surface area contributed by atoms with Crippen LogP contribution in [0.3, 0.4) is 0 Å². The van der Waals surface area contributed by atoms with E-state index in [4.69, 9.17) is 0 Å². The minimum Gasteiger partial charge on any atom is -0.481 e. The van der Waals surface area contributed by atoms with Gasteiger partial charge in [0.25, 0.3) is 0 Å². The summed E-state index contributed by atoms with van der Waals surface area (Å²) in [6.07, 6.45) is 1.82. The van der Waals surface area contributed by atoms with Crippen molar-refractivity contribution in [2.45, 2.75) is 19.8 Å². The summed E-state index contributed by atoms with van der Waals surface area (Å²) in [5.74, 6) is -1.30. The number of hydrogen-bond donors (Lipinski definition) is 2. The SMILES string of the molecule is CC(C)C(C(=O)O)c1nc(-c2ccc[nH]2)cs1. The van der Waals surface area contributed by atoms with Crippen molar-refractivity contribution in [2.75, 3.05) is 0 Å². The van der Waals surface area contributed by atoms with Crippen molar-refractivity contribution in [3.05, 3.63) is 28.7 Å². The highest BCUT2D eigenvalue weighted by atomic mass is 32.1. The molecule has 0 aliphatic rings. The molecule has 0 radical (unpaired) electrons. The molecule has 2 rings (SSSR count). The Bertz CT molecular complexity index is 502. The monoisotopic (exact) mass is 250 g/mol. The van der Waals surface area contributed by atoms with E-state index in [9.17, 15) is 9.90 Å². The third kappa shape index (κ3) is 2.39. The Balaban J connectivity index is 2.31. The third-order valence-electron chi connectivity index (χ3n) is 2.59. The van der Waals surface area contributed by atoms with Gasteiger partial charge >= 0.3 is 5.97 Å². The fourth-order valence-corrected chi connectivity index (χ4v) is 2.80. The number of rotatable bonds is 4. The van der Waals surface area contributed by atoms with Crippen molar-refractivity contribution in [3.8, 4) is 11.4 Å². The predicted octanol–water partition coefficient (Wildman–Crippen LogP) is 2.96. The van der Waals surface area contributed by atoms with Crippen LogP contribution in [-0.2, 0) is 4.79 Å². The predicted molar refractivity (Wildman–Crippen MR) is 67.1 cm³/mol. The summed E-state index contributed by atoms with van der Waals surface area (Å²) in [4.78, 5) is 18.7. The van der Waals surface area contributed by atoms with Crippen molar-refractivity contribution >= 4 is 17.3 Å². The van der Waals surface area contributed by atoms with Crippen LogP contribution in [0.25, 0.3) is 11.4 Å². The average Bonchev–Trinajstić information content (AvgIpc) is 2.83. The van der Waals surface area contributed by atoms with E-state index < -0.39 is 11.9 Å². The summed E-state index contributed by atoms with van der Waals surface area (Å²) in [6, 6.07) is 3.81. The molecule has 0 saturated carbocycles. The van der Waals surface area contributed by atoms with Gasteiger partial charge in [0.15, 0.2) is 0 Å². The van der Waals surface area contributed by atoms with E-state index >= 15 is 0 Å². The van der Waals surface area contributed by atoms with Crippen LogP contribution in [0.5, 0.6) is 0 Å². The van der Waals surface area contributed by atoms with Gasteiger partial charge in [0.05, 0.1) is 11.4 Å². The number of aliphatic carboxylic acids is 1. The van der Waals surface area contributed by atoms with Crippen LogP contribution in [-0.4, -0.2) is 21.0 Å². The van der Waals surface area contributed by atoms with Crippen LogP contribution < -0.4 is 0 Å². The molecule has 2 aromatic rings. The lowest BCUT2D eigenvalue weighted by Crippen LogP contribution is -2.17. The summed E-state index contributed by atoms with van der Waals surface area (Å²) in [7, 11) is 0. The number of thiazole rings is 1. The molecule has 2 N–H and O–H groups in total. The molecule has 17 heavy (non-hydrogen) atoms. The minimum absolute atomic E-state index is 0.0372. The molecule has 0 amide bonds. The number of hydrogen-bond acceptors (Lipinski definition) is 3. The topological polar surface area (TPSA) is 66.0 Å². The van der Waals surface area contributed by atoms with E-state index in [-0.39, 0.29) is 5.92 Å². The van der Waals surface area contributed by atoms with Crippen LogP contribution in [0, 0.1) is 5.92 Å². The smallest absolute Gasteiger partial charge is 0.313 e. The Morgan fingerprint density at radius 3 is 2.82 bits per heavy atom. The van der Waals surface area contributed by atoms with Crippen LogP contribution in [0.2, 0.25) is 0 Å².